The number of nitrogens with one attached hydrogen (secondary N) is 1. The summed E-state index contributed by atoms with van der Waals surface area (Å²) in [5, 5.41) is 21.4. The number of benzene rings is 2. The average Bonchev–Trinajstić information content (AvgIpc) is 3.05. The molecular weight excluding hydrogens is 353 g/mol. The third-order valence-corrected chi connectivity index (χ3v) is 4.03. The Hall–Kier alpha value is -3.62. The molecule has 27 heavy (non-hydrogen) atoms. The molecule has 0 spiro atoms. The normalized spacial score (nSPS) is 10.6. The number of aromatic nitrogens is 3. The molecule has 0 radical (unpaired) electrons. The van der Waals surface area contributed by atoms with Crippen molar-refractivity contribution in [1.29, 1.82) is 0 Å². The van der Waals surface area contributed by atoms with Gasteiger partial charge >= 0.3 is 0 Å². The zero-order chi connectivity index (χ0) is 19.4. The summed E-state index contributed by atoms with van der Waals surface area (Å²) in [6.07, 6.45) is 0.344. The topological polar surface area (TPSA) is 103 Å². The Morgan fingerprint density at radius 1 is 1.26 bits per heavy atom. The van der Waals surface area contributed by atoms with E-state index in [1.807, 2.05) is 0 Å². The van der Waals surface area contributed by atoms with Crippen LogP contribution in [-0.2, 0) is 6.42 Å². The van der Waals surface area contributed by atoms with Crippen molar-refractivity contribution in [3.05, 3.63) is 81.4 Å². The smallest absolute Gasteiger partial charge is 0.273 e. The number of non-ortho nitro benzene ring substituents is 1. The highest BCUT2D eigenvalue weighted by molar-refractivity contribution is 5.93. The van der Waals surface area contributed by atoms with Crippen molar-refractivity contribution in [3.8, 4) is 5.69 Å². The number of nitrogens with zero attached hydrogens (tertiary/aromatic N) is 4. The van der Waals surface area contributed by atoms with E-state index >= 15 is 0 Å². The van der Waals surface area contributed by atoms with E-state index in [2.05, 4.69) is 15.6 Å². The van der Waals surface area contributed by atoms with Crippen LogP contribution >= 0.6 is 0 Å². The molecule has 0 saturated carbocycles. The Kier molecular flexibility index (Phi) is 5.20. The Morgan fingerprint density at radius 2 is 2.04 bits per heavy atom. The van der Waals surface area contributed by atoms with Gasteiger partial charge < -0.3 is 5.32 Å². The lowest BCUT2D eigenvalue weighted by Crippen LogP contribution is -2.27. The molecule has 0 aliphatic carbocycles. The monoisotopic (exact) mass is 369 g/mol. The summed E-state index contributed by atoms with van der Waals surface area (Å²) in [7, 11) is 0. The van der Waals surface area contributed by atoms with E-state index in [-0.39, 0.29) is 23.7 Å². The second kappa shape index (κ2) is 7.73. The summed E-state index contributed by atoms with van der Waals surface area (Å²) in [4.78, 5) is 22.7. The van der Waals surface area contributed by atoms with Gasteiger partial charge in [-0.2, -0.15) is 0 Å². The fourth-order valence-electron chi connectivity index (χ4n) is 2.62. The largest absolute Gasteiger partial charge is 0.350 e. The summed E-state index contributed by atoms with van der Waals surface area (Å²) in [5.41, 5.74) is 1.40. The standard InChI is InChI=1S/C18H16FN5O3/c1-12-17(18(25)20-10-9-13-5-2-3-8-16(13)19)21-22-23(12)14-6-4-7-15(11-14)24(26)27/h2-8,11H,9-10H2,1H3,(H,20,25). The first-order chi connectivity index (χ1) is 13.0. The number of hydrogen-bond acceptors (Lipinski definition) is 5. The van der Waals surface area contributed by atoms with E-state index in [4.69, 9.17) is 0 Å². The van der Waals surface area contributed by atoms with Crippen molar-refractivity contribution in [3.63, 3.8) is 0 Å². The molecule has 0 bridgehead atoms. The van der Waals surface area contributed by atoms with Crippen LogP contribution in [0.15, 0.2) is 48.5 Å². The molecule has 2 aromatic carbocycles. The highest BCUT2D eigenvalue weighted by Crippen LogP contribution is 2.18. The van der Waals surface area contributed by atoms with Crippen LogP contribution in [0.3, 0.4) is 0 Å². The molecule has 3 rings (SSSR count). The van der Waals surface area contributed by atoms with E-state index in [1.165, 1.54) is 28.9 Å². The minimum absolute atomic E-state index is 0.0849. The first kappa shape index (κ1) is 18.2. The van der Waals surface area contributed by atoms with Gasteiger partial charge in [0, 0.05) is 18.7 Å². The molecule has 0 unspecified atom stereocenters. The van der Waals surface area contributed by atoms with Gasteiger partial charge in [0.25, 0.3) is 11.6 Å². The average molecular weight is 369 g/mol. The second-order valence-corrected chi connectivity index (χ2v) is 5.81. The fourth-order valence-corrected chi connectivity index (χ4v) is 2.62. The van der Waals surface area contributed by atoms with Crippen molar-refractivity contribution in [2.75, 3.05) is 6.54 Å². The van der Waals surface area contributed by atoms with E-state index in [1.54, 1.807) is 31.2 Å². The third kappa shape index (κ3) is 3.97. The number of hydrogen-bond donors (Lipinski definition) is 1. The Balaban J connectivity index is 1.71. The van der Waals surface area contributed by atoms with Gasteiger partial charge in [0.2, 0.25) is 0 Å². The van der Waals surface area contributed by atoms with Crippen LogP contribution in [-0.4, -0.2) is 32.4 Å². The van der Waals surface area contributed by atoms with Crippen molar-refractivity contribution in [1.82, 2.24) is 20.3 Å². The Bertz CT molecular complexity index is 1000. The summed E-state index contributed by atoms with van der Waals surface area (Å²) in [5.74, 6) is -0.764. The van der Waals surface area contributed by atoms with Gasteiger partial charge in [-0.25, -0.2) is 9.07 Å². The minimum atomic E-state index is -0.508. The molecule has 9 heteroatoms. The van der Waals surface area contributed by atoms with Crippen LogP contribution in [0.2, 0.25) is 0 Å². The summed E-state index contributed by atoms with van der Waals surface area (Å²) < 4.78 is 15.0. The lowest BCUT2D eigenvalue weighted by Gasteiger charge is -2.06. The summed E-state index contributed by atoms with van der Waals surface area (Å²) >= 11 is 0. The first-order valence-corrected chi connectivity index (χ1v) is 8.16. The summed E-state index contributed by atoms with van der Waals surface area (Å²) in [6, 6.07) is 12.2. The molecule has 0 saturated heterocycles. The molecule has 0 aliphatic heterocycles. The van der Waals surface area contributed by atoms with Crippen molar-refractivity contribution in [2.24, 2.45) is 0 Å². The number of rotatable bonds is 6. The quantitative estimate of drug-likeness (QED) is 0.531. The lowest BCUT2D eigenvalue weighted by atomic mass is 10.1. The van der Waals surface area contributed by atoms with Crippen molar-refractivity contribution in [2.45, 2.75) is 13.3 Å². The highest BCUT2D eigenvalue weighted by atomic mass is 19.1. The third-order valence-electron chi connectivity index (χ3n) is 4.03. The van der Waals surface area contributed by atoms with Gasteiger partial charge in [-0.05, 0) is 31.0 Å². The number of halogens is 1. The van der Waals surface area contributed by atoms with Gasteiger partial charge in [-0.1, -0.05) is 29.5 Å². The molecular formula is C18H16FN5O3. The Labute approximate surface area is 153 Å². The molecule has 3 aromatic rings. The highest BCUT2D eigenvalue weighted by Gasteiger charge is 2.18. The van der Waals surface area contributed by atoms with Gasteiger partial charge in [0.1, 0.15) is 5.82 Å². The van der Waals surface area contributed by atoms with E-state index in [0.29, 0.717) is 23.4 Å². The Morgan fingerprint density at radius 3 is 2.78 bits per heavy atom. The molecule has 1 amide bonds. The van der Waals surface area contributed by atoms with Crippen LogP contribution in [0, 0.1) is 22.9 Å². The fraction of sp³-hybridized carbons (Fsp3) is 0.167. The van der Waals surface area contributed by atoms with Gasteiger partial charge in [-0.15, -0.1) is 5.10 Å². The molecule has 1 N–H and O–H groups in total. The van der Waals surface area contributed by atoms with Crippen LogP contribution in [0.5, 0.6) is 0 Å². The molecule has 0 fully saturated rings. The van der Waals surface area contributed by atoms with Crippen molar-refractivity contribution >= 4 is 11.6 Å². The van der Waals surface area contributed by atoms with E-state index in [9.17, 15) is 19.3 Å². The zero-order valence-corrected chi connectivity index (χ0v) is 14.4. The van der Waals surface area contributed by atoms with Crippen molar-refractivity contribution < 1.29 is 14.1 Å². The van der Waals surface area contributed by atoms with Crippen LogP contribution in [0.4, 0.5) is 10.1 Å². The summed E-state index contributed by atoms with van der Waals surface area (Å²) in [6.45, 7) is 1.88. The molecule has 0 atom stereocenters. The van der Waals surface area contributed by atoms with E-state index < -0.39 is 10.8 Å². The second-order valence-electron chi connectivity index (χ2n) is 5.81. The van der Waals surface area contributed by atoms with E-state index in [0.717, 1.165) is 0 Å². The predicted octanol–water partition coefficient (Wildman–Crippen LogP) is 2.60. The molecule has 8 nitrogen and oxygen atoms in total. The number of amides is 1. The lowest BCUT2D eigenvalue weighted by molar-refractivity contribution is -0.384. The van der Waals surface area contributed by atoms with Crippen LogP contribution < -0.4 is 5.32 Å². The van der Waals surface area contributed by atoms with Gasteiger partial charge in [0.15, 0.2) is 5.69 Å². The first-order valence-electron chi connectivity index (χ1n) is 8.16. The number of carbonyl (C=O) groups is 1. The maximum atomic E-state index is 13.6. The predicted molar refractivity (Wildman–Crippen MR) is 95.2 cm³/mol. The van der Waals surface area contributed by atoms with Gasteiger partial charge in [-0.3, -0.25) is 14.9 Å². The molecule has 0 aliphatic rings. The number of carbonyl (C=O) groups excluding carboxylic acids is 1. The maximum Gasteiger partial charge on any atom is 0.273 e. The number of nitro benzene ring substituents is 1. The van der Waals surface area contributed by atoms with Gasteiger partial charge in [0.05, 0.1) is 16.3 Å². The molecule has 138 valence electrons. The van der Waals surface area contributed by atoms with Crippen LogP contribution in [0.25, 0.3) is 5.69 Å². The van der Waals surface area contributed by atoms with Crippen LogP contribution in [0.1, 0.15) is 21.7 Å². The zero-order valence-electron chi connectivity index (χ0n) is 14.4. The maximum absolute atomic E-state index is 13.6. The molecule has 1 heterocycles. The SMILES string of the molecule is Cc1c(C(=O)NCCc2ccccc2F)nnn1-c1cccc([N+](=O)[O-])c1. The molecule has 1 aromatic heterocycles. The number of nitro groups is 1. The minimum Gasteiger partial charge on any atom is -0.350 e.